The van der Waals surface area contributed by atoms with E-state index in [0.717, 1.165) is 6.26 Å². The van der Waals surface area contributed by atoms with Crippen LogP contribution in [0.4, 0.5) is 5.69 Å². The number of rotatable bonds is 5. The van der Waals surface area contributed by atoms with E-state index >= 15 is 0 Å². The minimum absolute atomic E-state index is 0.110. The molecule has 1 heterocycles. The summed E-state index contributed by atoms with van der Waals surface area (Å²) in [5.41, 5.74) is 0.408. The third kappa shape index (κ3) is 5.33. The topological polar surface area (TPSA) is 85.4 Å². The van der Waals surface area contributed by atoms with Gasteiger partial charge in [-0.05, 0) is 6.07 Å². The van der Waals surface area contributed by atoms with Gasteiger partial charge in [0.1, 0.15) is 15.0 Å². The average Bonchev–Trinajstić information content (AvgIpc) is 2.24. The van der Waals surface area contributed by atoms with Gasteiger partial charge >= 0.3 is 0 Å². The Morgan fingerprint density at radius 1 is 1.50 bits per heavy atom. The van der Waals surface area contributed by atoms with Gasteiger partial charge in [0.25, 0.3) is 0 Å². The number of nitrogens with one attached hydrogen (secondary N) is 1. The van der Waals surface area contributed by atoms with Crippen LogP contribution in [0.1, 0.15) is 6.42 Å². The van der Waals surface area contributed by atoms with E-state index in [2.05, 4.69) is 10.3 Å². The van der Waals surface area contributed by atoms with Crippen LogP contribution in [0.15, 0.2) is 12.1 Å². The van der Waals surface area contributed by atoms with Crippen LogP contribution in [0, 0.1) is 0 Å². The number of sulfone groups is 1. The van der Waals surface area contributed by atoms with Gasteiger partial charge in [0, 0.05) is 24.4 Å². The number of ether oxygens (including phenoxy) is 1. The molecule has 8 heteroatoms. The van der Waals surface area contributed by atoms with Gasteiger partial charge in [-0.2, -0.15) is 0 Å². The van der Waals surface area contributed by atoms with E-state index in [1.165, 1.54) is 19.2 Å². The zero-order chi connectivity index (χ0) is 13.8. The molecule has 0 aromatic carbocycles. The molecule has 0 atom stereocenters. The zero-order valence-corrected chi connectivity index (χ0v) is 11.5. The van der Waals surface area contributed by atoms with Crippen molar-refractivity contribution in [3.05, 3.63) is 17.3 Å². The molecule has 0 fully saturated rings. The van der Waals surface area contributed by atoms with Crippen LogP contribution in [0.3, 0.4) is 0 Å². The van der Waals surface area contributed by atoms with Crippen molar-refractivity contribution in [3.8, 4) is 5.88 Å². The number of anilines is 1. The molecule has 0 aliphatic heterocycles. The molecule has 1 rings (SSSR count). The molecular formula is C10H13ClN2O4S. The molecule has 0 aliphatic rings. The molecule has 0 radical (unpaired) electrons. The summed E-state index contributed by atoms with van der Waals surface area (Å²) in [5, 5.41) is 2.70. The molecule has 0 unspecified atom stereocenters. The fourth-order valence-corrected chi connectivity index (χ4v) is 1.91. The van der Waals surface area contributed by atoms with Crippen LogP contribution in [0.5, 0.6) is 5.88 Å². The molecule has 1 aromatic heterocycles. The Morgan fingerprint density at radius 3 is 2.72 bits per heavy atom. The lowest BCUT2D eigenvalue weighted by atomic mass is 10.3. The molecular weight excluding hydrogens is 280 g/mol. The second-order valence-corrected chi connectivity index (χ2v) is 6.30. The third-order valence-electron chi connectivity index (χ3n) is 1.96. The van der Waals surface area contributed by atoms with E-state index in [0.29, 0.717) is 5.69 Å². The molecule has 0 saturated carbocycles. The Bertz CT molecular complexity index is 545. The van der Waals surface area contributed by atoms with Crippen LogP contribution in [-0.4, -0.2) is 38.4 Å². The molecule has 0 aliphatic carbocycles. The SMILES string of the molecule is COc1cc(NC(=O)CCS(C)(=O)=O)cc(Cl)n1. The summed E-state index contributed by atoms with van der Waals surface area (Å²) in [6.45, 7) is 0. The fraction of sp³-hybridized carbons (Fsp3) is 0.400. The number of carbonyl (C=O) groups is 1. The molecule has 100 valence electrons. The highest BCUT2D eigenvalue weighted by Crippen LogP contribution is 2.20. The highest BCUT2D eigenvalue weighted by Gasteiger charge is 2.09. The fourth-order valence-electron chi connectivity index (χ4n) is 1.15. The number of carbonyl (C=O) groups excluding carboxylic acids is 1. The van der Waals surface area contributed by atoms with E-state index < -0.39 is 15.7 Å². The Labute approximate surface area is 110 Å². The van der Waals surface area contributed by atoms with Crippen LogP contribution in [0.25, 0.3) is 0 Å². The van der Waals surface area contributed by atoms with Crippen molar-refractivity contribution >= 4 is 33.0 Å². The van der Waals surface area contributed by atoms with Gasteiger partial charge in [-0.3, -0.25) is 4.79 Å². The van der Waals surface area contributed by atoms with Gasteiger partial charge in [0.2, 0.25) is 11.8 Å². The molecule has 18 heavy (non-hydrogen) atoms. The van der Waals surface area contributed by atoms with Gasteiger partial charge < -0.3 is 10.1 Å². The van der Waals surface area contributed by atoms with E-state index in [9.17, 15) is 13.2 Å². The number of amides is 1. The summed E-state index contributed by atoms with van der Waals surface area (Å²) in [4.78, 5) is 15.3. The summed E-state index contributed by atoms with van der Waals surface area (Å²) >= 11 is 5.72. The minimum atomic E-state index is -3.16. The first-order chi connectivity index (χ1) is 8.30. The van der Waals surface area contributed by atoms with Crippen molar-refractivity contribution in [3.63, 3.8) is 0 Å². The van der Waals surface area contributed by atoms with Gasteiger partial charge in [-0.15, -0.1) is 0 Å². The lowest BCUT2D eigenvalue weighted by Crippen LogP contribution is -2.16. The summed E-state index contributed by atoms with van der Waals surface area (Å²) in [6, 6.07) is 2.94. The maximum atomic E-state index is 11.5. The lowest BCUT2D eigenvalue weighted by molar-refractivity contribution is -0.115. The molecule has 6 nitrogen and oxygen atoms in total. The van der Waals surface area contributed by atoms with Crippen LogP contribution in [0.2, 0.25) is 5.15 Å². The van der Waals surface area contributed by atoms with Crippen LogP contribution < -0.4 is 10.1 Å². The molecule has 1 N–H and O–H groups in total. The number of aromatic nitrogens is 1. The summed E-state index contributed by atoms with van der Waals surface area (Å²) in [5.74, 6) is -0.347. The Balaban J connectivity index is 2.67. The van der Waals surface area contributed by atoms with Crippen molar-refractivity contribution in [1.82, 2.24) is 4.98 Å². The number of hydrogen-bond acceptors (Lipinski definition) is 5. The van der Waals surface area contributed by atoms with E-state index in [1.807, 2.05) is 0 Å². The summed E-state index contributed by atoms with van der Waals surface area (Å²) < 4.78 is 26.7. The standard InChI is InChI=1S/C10H13ClN2O4S/c1-17-10-6-7(5-8(11)13-10)12-9(14)3-4-18(2,15)16/h5-6H,3-4H2,1-2H3,(H,12,13,14). The zero-order valence-electron chi connectivity index (χ0n) is 9.94. The predicted molar refractivity (Wildman–Crippen MR) is 68.8 cm³/mol. The predicted octanol–water partition coefficient (Wildman–Crippen LogP) is 1.12. The van der Waals surface area contributed by atoms with E-state index in [-0.39, 0.29) is 23.2 Å². The van der Waals surface area contributed by atoms with Gasteiger partial charge in [-0.25, -0.2) is 13.4 Å². The van der Waals surface area contributed by atoms with Gasteiger partial charge in [-0.1, -0.05) is 11.6 Å². The van der Waals surface area contributed by atoms with Gasteiger partial charge in [0.15, 0.2) is 0 Å². The number of nitrogens with zero attached hydrogens (tertiary/aromatic N) is 1. The molecule has 1 aromatic rings. The largest absolute Gasteiger partial charge is 0.481 e. The van der Waals surface area contributed by atoms with Crippen LogP contribution in [-0.2, 0) is 14.6 Å². The van der Waals surface area contributed by atoms with Gasteiger partial charge in [0.05, 0.1) is 12.9 Å². The first-order valence-corrected chi connectivity index (χ1v) is 7.43. The maximum absolute atomic E-state index is 11.5. The molecule has 0 spiro atoms. The number of hydrogen-bond donors (Lipinski definition) is 1. The van der Waals surface area contributed by atoms with E-state index in [1.54, 1.807) is 0 Å². The normalized spacial score (nSPS) is 11.1. The lowest BCUT2D eigenvalue weighted by Gasteiger charge is -2.07. The van der Waals surface area contributed by atoms with Crippen molar-refractivity contribution in [2.45, 2.75) is 6.42 Å². The summed E-state index contributed by atoms with van der Waals surface area (Å²) in [7, 11) is -1.73. The Morgan fingerprint density at radius 2 is 2.17 bits per heavy atom. The molecule has 0 saturated heterocycles. The van der Waals surface area contributed by atoms with Crippen molar-refractivity contribution in [2.24, 2.45) is 0 Å². The van der Waals surface area contributed by atoms with Crippen molar-refractivity contribution < 1.29 is 17.9 Å². The Kier molecular flexibility index (Phi) is 4.92. The molecule has 0 bridgehead atoms. The van der Waals surface area contributed by atoms with Crippen molar-refractivity contribution in [2.75, 3.05) is 24.4 Å². The smallest absolute Gasteiger partial charge is 0.225 e. The average molecular weight is 293 g/mol. The molecule has 1 amide bonds. The second kappa shape index (κ2) is 6.01. The number of halogens is 1. The maximum Gasteiger partial charge on any atom is 0.225 e. The highest BCUT2D eigenvalue weighted by molar-refractivity contribution is 7.90. The first-order valence-electron chi connectivity index (χ1n) is 4.99. The first kappa shape index (κ1) is 14.7. The minimum Gasteiger partial charge on any atom is -0.481 e. The monoisotopic (exact) mass is 292 g/mol. The quantitative estimate of drug-likeness (QED) is 0.822. The summed E-state index contributed by atoms with van der Waals surface area (Å²) in [6.07, 6.45) is 0.966. The second-order valence-electron chi connectivity index (χ2n) is 3.65. The highest BCUT2D eigenvalue weighted by atomic mass is 35.5. The third-order valence-corrected chi connectivity index (χ3v) is 3.10. The number of methoxy groups -OCH3 is 1. The van der Waals surface area contributed by atoms with Crippen molar-refractivity contribution in [1.29, 1.82) is 0 Å². The Hall–Kier alpha value is -1.34. The number of pyridine rings is 1. The van der Waals surface area contributed by atoms with E-state index in [4.69, 9.17) is 16.3 Å². The van der Waals surface area contributed by atoms with Crippen LogP contribution >= 0.6 is 11.6 Å².